The molecule has 0 spiro atoms. The Kier molecular flexibility index (Phi) is 4.25. The molecule has 1 aromatic heterocycles. The minimum atomic E-state index is -0.423. The molecule has 1 fully saturated rings. The molecule has 0 bridgehead atoms. The van der Waals surface area contributed by atoms with E-state index in [1.807, 2.05) is 48.5 Å². The Balaban J connectivity index is 1.35. The standard InChI is InChI=1S/C23H17ClN2O3/c24-15-4-3-5-17(11-15)26-13-14(10-22(26)27)23(28)25-16-8-9-19-18-6-1-2-7-20(18)29-21(19)12-16/h1-9,11-12,14H,10,13H2,(H,25,28)/t14-/m0/s1. The predicted octanol–water partition coefficient (Wildman–Crippen LogP) is 5.23. The third kappa shape index (κ3) is 3.23. The molecule has 6 heteroatoms. The van der Waals surface area contributed by atoms with Crippen LogP contribution in [0.3, 0.4) is 0 Å². The third-order valence-electron chi connectivity index (χ3n) is 5.26. The second-order valence-electron chi connectivity index (χ2n) is 7.18. The summed E-state index contributed by atoms with van der Waals surface area (Å²) in [6, 6.07) is 20.5. The molecule has 5 rings (SSSR count). The van der Waals surface area contributed by atoms with E-state index in [0.29, 0.717) is 28.5 Å². The molecule has 29 heavy (non-hydrogen) atoms. The molecule has 0 unspecified atom stereocenters. The molecule has 144 valence electrons. The van der Waals surface area contributed by atoms with Crippen molar-refractivity contribution >= 4 is 56.7 Å². The maximum absolute atomic E-state index is 12.8. The Bertz CT molecular complexity index is 1260. The van der Waals surface area contributed by atoms with Crippen LogP contribution < -0.4 is 10.2 Å². The van der Waals surface area contributed by atoms with Crippen molar-refractivity contribution < 1.29 is 14.0 Å². The van der Waals surface area contributed by atoms with Gasteiger partial charge in [0.05, 0.1) is 5.92 Å². The highest BCUT2D eigenvalue weighted by Crippen LogP contribution is 2.31. The van der Waals surface area contributed by atoms with Crippen molar-refractivity contribution in [2.75, 3.05) is 16.8 Å². The lowest BCUT2D eigenvalue weighted by molar-refractivity contribution is -0.122. The lowest BCUT2D eigenvalue weighted by Crippen LogP contribution is -2.28. The molecule has 2 heterocycles. The van der Waals surface area contributed by atoms with Crippen LogP contribution >= 0.6 is 11.6 Å². The lowest BCUT2D eigenvalue weighted by Gasteiger charge is -2.17. The van der Waals surface area contributed by atoms with Crippen LogP contribution in [0, 0.1) is 5.92 Å². The first-order valence-electron chi connectivity index (χ1n) is 9.36. The number of halogens is 1. The number of amides is 2. The summed E-state index contributed by atoms with van der Waals surface area (Å²) in [6.45, 7) is 0.331. The zero-order chi connectivity index (χ0) is 20.0. The second kappa shape index (κ2) is 6.94. The molecule has 0 aliphatic carbocycles. The monoisotopic (exact) mass is 404 g/mol. The highest BCUT2D eigenvalue weighted by Gasteiger charge is 2.35. The van der Waals surface area contributed by atoms with Gasteiger partial charge < -0.3 is 14.6 Å². The van der Waals surface area contributed by atoms with Crippen LogP contribution in [0.25, 0.3) is 21.9 Å². The van der Waals surface area contributed by atoms with Crippen molar-refractivity contribution in [1.29, 1.82) is 0 Å². The first kappa shape index (κ1) is 17.8. The Hall–Kier alpha value is -3.31. The Labute approximate surface area is 171 Å². The van der Waals surface area contributed by atoms with Gasteiger partial charge in [0.1, 0.15) is 11.2 Å². The van der Waals surface area contributed by atoms with E-state index >= 15 is 0 Å². The highest BCUT2D eigenvalue weighted by molar-refractivity contribution is 6.31. The number of furan rings is 1. The molecular formula is C23H17ClN2O3. The Morgan fingerprint density at radius 2 is 1.83 bits per heavy atom. The molecule has 1 atom stereocenters. The van der Waals surface area contributed by atoms with Gasteiger partial charge in [0, 0.05) is 46.2 Å². The number of nitrogens with zero attached hydrogens (tertiary/aromatic N) is 1. The summed E-state index contributed by atoms with van der Waals surface area (Å²) >= 11 is 6.03. The molecule has 1 saturated heterocycles. The fraction of sp³-hybridized carbons (Fsp3) is 0.130. The summed E-state index contributed by atoms with van der Waals surface area (Å²) in [4.78, 5) is 26.8. The number of anilines is 2. The highest BCUT2D eigenvalue weighted by atomic mass is 35.5. The van der Waals surface area contributed by atoms with Gasteiger partial charge in [-0.15, -0.1) is 0 Å². The van der Waals surface area contributed by atoms with Crippen molar-refractivity contribution in [3.05, 3.63) is 71.8 Å². The van der Waals surface area contributed by atoms with Crippen molar-refractivity contribution in [3.63, 3.8) is 0 Å². The number of para-hydroxylation sites is 1. The molecule has 0 radical (unpaired) electrons. The van der Waals surface area contributed by atoms with Gasteiger partial charge in [-0.25, -0.2) is 0 Å². The molecule has 3 aromatic carbocycles. The van der Waals surface area contributed by atoms with Crippen molar-refractivity contribution in [1.82, 2.24) is 0 Å². The topological polar surface area (TPSA) is 62.6 Å². The largest absolute Gasteiger partial charge is 0.456 e. The summed E-state index contributed by atoms with van der Waals surface area (Å²) in [5.41, 5.74) is 2.88. The van der Waals surface area contributed by atoms with E-state index in [1.165, 1.54) is 0 Å². The van der Waals surface area contributed by atoms with Crippen LogP contribution in [0.15, 0.2) is 71.1 Å². The average molecular weight is 405 g/mol. The lowest BCUT2D eigenvalue weighted by atomic mass is 10.1. The van der Waals surface area contributed by atoms with E-state index in [1.54, 1.807) is 23.1 Å². The van der Waals surface area contributed by atoms with Gasteiger partial charge in [-0.1, -0.05) is 35.9 Å². The zero-order valence-electron chi connectivity index (χ0n) is 15.4. The summed E-state index contributed by atoms with van der Waals surface area (Å²) in [5.74, 6) is -0.689. The van der Waals surface area contributed by atoms with Crippen molar-refractivity contribution in [2.45, 2.75) is 6.42 Å². The van der Waals surface area contributed by atoms with Crippen LogP contribution in [0.5, 0.6) is 0 Å². The van der Waals surface area contributed by atoms with Crippen molar-refractivity contribution in [3.8, 4) is 0 Å². The van der Waals surface area contributed by atoms with Crippen LogP contribution in [-0.4, -0.2) is 18.4 Å². The maximum atomic E-state index is 12.8. The minimum Gasteiger partial charge on any atom is -0.456 e. The number of hydrogen-bond acceptors (Lipinski definition) is 3. The van der Waals surface area contributed by atoms with Gasteiger partial charge in [-0.3, -0.25) is 9.59 Å². The predicted molar refractivity (Wildman–Crippen MR) is 114 cm³/mol. The van der Waals surface area contributed by atoms with Gasteiger partial charge >= 0.3 is 0 Å². The molecule has 2 amide bonds. The summed E-state index contributed by atoms with van der Waals surface area (Å²) in [5, 5.41) is 5.52. The maximum Gasteiger partial charge on any atom is 0.229 e. The molecule has 1 aliphatic heterocycles. The molecular weight excluding hydrogens is 388 g/mol. The normalized spacial score (nSPS) is 16.7. The number of nitrogens with one attached hydrogen (secondary N) is 1. The van der Waals surface area contributed by atoms with E-state index in [0.717, 1.165) is 16.4 Å². The second-order valence-corrected chi connectivity index (χ2v) is 7.62. The van der Waals surface area contributed by atoms with E-state index < -0.39 is 5.92 Å². The van der Waals surface area contributed by atoms with E-state index in [-0.39, 0.29) is 18.2 Å². The van der Waals surface area contributed by atoms with Gasteiger partial charge in [0.15, 0.2) is 0 Å². The summed E-state index contributed by atoms with van der Waals surface area (Å²) < 4.78 is 5.88. The number of rotatable bonds is 3. The molecule has 5 nitrogen and oxygen atoms in total. The van der Waals surface area contributed by atoms with Gasteiger partial charge in [0.2, 0.25) is 11.8 Å². The molecule has 0 saturated carbocycles. The minimum absolute atomic E-state index is 0.0832. The summed E-state index contributed by atoms with van der Waals surface area (Å²) in [6.07, 6.45) is 0.172. The smallest absolute Gasteiger partial charge is 0.229 e. The SMILES string of the molecule is O=C(Nc1ccc2c(c1)oc1ccccc12)[C@H]1CC(=O)N(c2cccc(Cl)c2)C1. The summed E-state index contributed by atoms with van der Waals surface area (Å²) in [7, 11) is 0. The van der Waals surface area contributed by atoms with E-state index in [2.05, 4.69) is 5.32 Å². The molecule has 1 aliphatic rings. The first-order valence-corrected chi connectivity index (χ1v) is 9.74. The quantitative estimate of drug-likeness (QED) is 0.508. The van der Waals surface area contributed by atoms with E-state index in [9.17, 15) is 9.59 Å². The molecule has 4 aromatic rings. The van der Waals surface area contributed by atoms with E-state index in [4.69, 9.17) is 16.0 Å². The van der Waals surface area contributed by atoms with Crippen LogP contribution in [0.4, 0.5) is 11.4 Å². The number of carbonyl (C=O) groups excluding carboxylic acids is 2. The molecule has 1 N–H and O–H groups in total. The van der Waals surface area contributed by atoms with Crippen LogP contribution in [0.2, 0.25) is 5.02 Å². The number of carbonyl (C=O) groups is 2. The van der Waals surface area contributed by atoms with Crippen LogP contribution in [-0.2, 0) is 9.59 Å². The Morgan fingerprint density at radius 3 is 2.69 bits per heavy atom. The van der Waals surface area contributed by atoms with Gasteiger partial charge in [-0.2, -0.15) is 0 Å². The Morgan fingerprint density at radius 1 is 1.00 bits per heavy atom. The first-order chi connectivity index (χ1) is 14.1. The number of fused-ring (bicyclic) bond motifs is 3. The number of hydrogen-bond donors (Lipinski definition) is 1. The average Bonchev–Trinajstić information content (AvgIpc) is 3.28. The zero-order valence-corrected chi connectivity index (χ0v) is 16.1. The fourth-order valence-electron chi connectivity index (χ4n) is 3.82. The fourth-order valence-corrected chi connectivity index (χ4v) is 4.01. The van der Waals surface area contributed by atoms with Gasteiger partial charge in [0.25, 0.3) is 0 Å². The van der Waals surface area contributed by atoms with Crippen LogP contribution in [0.1, 0.15) is 6.42 Å². The van der Waals surface area contributed by atoms with Crippen molar-refractivity contribution in [2.24, 2.45) is 5.92 Å². The number of benzene rings is 3. The van der Waals surface area contributed by atoms with Gasteiger partial charge in [-0.05, 0) is 36.4 Å². The third-order valence-corrected chi connectivity index (χ3v) is 5.50.